The largest absolute Gasteiger partial charge is 0.356 e. The van der Waals surface area contributed by atoms with Crippen molar-refractivity contribution in [1.29, 1.82) is 0 Å². The molecule has 142 valence electrons. The van der Waals surface area contributed by atoms with Gasteiger partial charge in [-0.3, -0.25) is 9.79 Å². The normalized spacial score (nSPS) is 11.0. The first kappa shape index (κ1) is 23.7. The Labute approximate surface area is 169 Å². The van der Waals surface area contributed by atoms with Gasteiger partial charge in [-0.1, -0.05) is 26.0 Å². The van der Waals surface area contributed by atoms with Gasteiger partial charge in [-0.05, 0) is 42.9 Å². The first-order valence-electron chi connectivity index (χ1n) is 8.69. The maximum atomic E-state index is 12.0. The molecule has 0 bridgehead atoms. The summed E-state index contributed by atoms with van der Waals surface area (Å²) in [5.74, 6) is 1.60. The van der Waals surface area contributed by atoms with E-state index >= 15 is 0 Å². The summed E-state index contributed by atoms with van der Waals surface area (Å²) >= 11 is 0. The molecule has 5 nitrogen and oxygen atoms in total. The molecule has 1 aromatic carbocycles. The van der Waals surface area contributed by atoms with Crippen molar-refractivity contribution < 1.29 is 4.79 Å². The van der Waals surface area contributed by atoms with Crippen molar-refractivity contribution >= 4 is 35.8 Å². The highest BCUT2D eigenvalue weighted by atomic mass is 127. The van der Waals surface area contributed by atoms with Crippen molar-refractivity contribution in [2.45, 2.75) is 33.1 Å². The lowest BCUT2D eigenvalue weighted by atomic mass is 10.1. The Hall–Kier alpha value is -1.31. The fraction of sp³-hybridized carbons (Fsp3) is 0.579. The fourth-order valence-electron chi connectivity index (χ4n) is 2.38. The molecule has 0 atom stereocenters. The molecule has 0 aromatic heterocycles. The number of nitrogens with zero attached hydrogens (tertiary/aromatic N) is 2. The van der Waals surface area contributed by atoms with Crippen LogP contribution in [0.4, 0.5) is 0 Å². The maximum absolute atomic E-state index is 12.0. The van der Waals surface area contributed by atoms with Gasteiger partial charge in [-0.2, -0.15) is 0 Å². The number of carbonyl (C=O) groups excluding carboxylic acids is 1. The lowest BCUT2D eigenvalue weighted by molar-refractivity contribution is 0.0827. The summed E-state index contributed by atoms with van der Waals surface area (Å²) in [6.45, 7) is 6.19. The number of nitrogens with one attached hydrogen (secondary N) is 2. The molecule has 1 amide bonds. The number of rotatable bonds is 8. The minimum absolute atomic E-state index is 0. The van der Waals surface area contributed by atoms with Gasteiger partial charge in [0.2, 0.25) is 0 Å². The van der Waals surface area contributed by atoms with Crippen LogP contribution in [0.15, 0.2) is 29.3 Å². The zero-order chi connectivity index (χ0) is 17.9. The fourth-order valence-corrected chi connectivity index (χ4v) is 2.38. The monoisotopic (exact) mass is 460 g/mol. The van der Waals surface area contributed by atoms with Crippen molar-refractivity contribution in [3.05, 3.63) is 35.4 Å². The third-order valence-corrected chi connectivity index (χ3v) is 3.76. The van der Waals surface area contributed by atoms with Gasteiger partial charge in [0.05, 0.1) is 0 Å². The molecule has 2 N–H and O–H groups in total. The van der Waals surface area contributed by atoms with E-state index in [4.69, 9.17) is 0 Å². The summed E-state index contributed by atoms with van der Waals surface area (Å²) in [7, 11) is 5.32. The van der Waals surface area contributed by atoms with Crippen LogP contribution in [0, 0.1) is 5.92 Å². The molecular weight excluding hydrogens is 427 g/mol. The molecule has 0 saturated heterocycles. The number of hydrogen-bond donors (Lipinski definition) is 2. The van der Waals surface area contributed by atoms with Crippen molar-refractivity contribution in [2.75, 3.05) is 34.2 Å². The van der Waals surface area contributed by atoms with Crippen molar-refractivity contribution in [2.24, 2.45) is 10.9 Å². The van der Waals surface area contributed by atoms with Crippen LogP contribution in [0.2, 0.25) is 0 Å². The lowest BCUT2D eigenvalue weighted by Crippen LogP contribution is -2.38. The van der Waals surface area contributed by atoms with E-state index < -0.39 is 0 Å². The predicted octanol–water partition coefficient (Wildman–Crippen LogP) is 3.15. The Bertz CT molecular complexity index is 544. The second kappa shape index (κ2) is 13.0. The van der Waals surface area contributed by atoms with Gasteiger partial charge in [0, 0.05) is 39.8 Å². The first-order chi connectivity index (χ1) is 11.4. The number of amides is 1. The van der Waals surface area contributed by atoms with Gasteiger partial charge in [-0.15, -0.1) is 24.0 Å². The minimum atomic E-state index is 0. The van der Waals surface area contributed by atoms with E-state index in [2.05, 4.69) is 29.5 Å². The van der Waals surface area contributed by atoms with E-state index in [-0.39, 0.29) is 29.9 Å². The van der Waals surface area contributed by atoms with Crippen LogP contribution in [0.3, 0.4) is 0 Å². The summed E-state index contributed by atoms with van der Waals surface area (Å²) in [4.78, 5) is 17.8. The van der Waals surface area contributed by atoms with Crippen LogP contribution >= 0.6 is 24.0 Å². The molecule has 0 radical (unpaired) electrons. The molecule has 0 aliphatic carbocycles. The first-order valence-corrected chi connectivity index (χ1v) is 8.69. The third kappa shape index (κ3) is 9.67. The molecule has 0 heterocycles. The quantitative estimate of drug-likeness (QED) is 0.271. The average Bonchev–Trinajstić information content (AvgIpc) is 2.56. The zero-order valence-corrected chi connectivity index (χ0v) is 18.5. The number of hydrogen-bond acceptors (Lipinski definition) is 2. The van der Waals surface area contributed by atoms with Gasteiger partial charge >= 0.3 is 0 Å². The number of halogens is 1. The Balaban J connectivity index is 0.00000576. The Morgan fingerprint density at radius 1 is 1.20 bits per heavy atom. The van der Waals surface area contributed by atoms with E-state index in [1.54, 1.807) is 26.0 Å². The molecule has 1 rings (SSSR count). The molecule has 25 heavy (non-hydrogen) atoms. The summed E-state index contributed by atoms with van der Waals surface area (Å²) in [6, 6.07) is 7.80. The third-order valence-electron chi connectivity index (χ3n) is 3.76. The van der Waals surface area contributed by atoms with Crippen LogP contribution in [0.5, 0.6) is 0 Å². The summed E-state index contributed by atoms with van der Waals surface area (Å²) < 4.78 is 0. The number of carbonyl (C=O) groups is 1. The summed E-state index contributed by atoms with van der Waals surface area (Å²) in [5.41, 5.74) is 1.87. The number of benzene rings is 1. The van der Waals surface area contributed by atoms with E-state index in [0.717, 1.165) is 48.9 Å². The standard InChI is InChI=1S/C19H32N4O.HI/c1-15(2)8-7-12-21-19(20-3)22-13-11-16-9-6-10-17(14-16)18(24)23(4)5;/h6,9-10,14-15H,7-8,11-13H2,1-5H3,(H2,20,21,22);1H. The molecule has 0 aliphatic heterocycles. The van der Waals surface area contributed by atoms with E-state index in [9.17, 15) is 4.79 Å². The summed E-state index contributed by atoms with van der Waals surface area (Å²) in [6.07, 6.45) is 3.21. The molecular formula is C19H33IN4O. The van der Waals surface area contributed by atoms with Gasteiger partial charge in [-0.25, -0.2) is 0 Å². The predicted molar refractivity (Wildman–Crippen MR) is 117 cm³/mol. The molecule has 0 aliphatic rings. The molecule has 6 heteroatoms. The minimum Gasteiger partial charge on any atom is -0.356 e. The zero-order valence-electron chi connectivity index (χ0n) is 16.1. The van der Waals surface area contributed by atoms with Gasteiger partial charge in [0.25, 0.3) is 5.91 Å². The average molecular weight is 460 g/mol. The summed E-state index contributed by atoms with van der Waals surface area (Å²) in [5, 5.41) is 6.65. The van der Waals surface area contributed by atoms with E-state index in [1.807, 2.05) is 24.3 Å². The van der Waals surface area contributed by atoms with E-state index in [1.165, 1.54) is 6.42 Å². The molecule has 0 spiro atoms. The SMILES string of the molecule is CN=C(NCCCC(C)C)NCCc1cccc(C(=O)N(C)C)c1.I. The van der Waals surface area contributed by atoms with Crippen LogP contribution in [-0.2, 0) is 6.42 Å². The second-order valence-electron chi connectivity index (χ2n) is 6.61. The van der Waals surface area contributed by atoms with Crippen molar-refractivity contribution in [3.8, 4) is 0 Å². The molecule has 0 fully saturated rings. The Morgan fingerprint density at radius 2 is 1.88 bits per heavy atom. The Morgan fingerprint density at radius 3 is 2.48 bits per heavy atom. The van der Waals surface area contributed by atoms with Crippen LogP contribution in [-0.4, -0.2) is 51.0 Å². The van der Waals surface area contributed by atoms with Crippen LogP contribution < -0.4 is 10.6 Å². The molecule has 0 saturated carbocycles. The maximum Gasteiger partial charge on any atom is 0.253 e. The highest BCUT2D eigenvalue weighted by molar-refractivity contribution is 14.0. The van der Waals surface area contributed by atoms with Crippen LogP contribution in [0.1, 0.15) is 42.6 Å². The molecule has 1 aromatic rings. The second-order valence-corrected chi connectivity index (χ2v) is 6.61. The molecule has 0 unspecified atom stereocenters. The van der Waals surface area contributed by atoms with Gasteiger partial charge in [0.1, 0.15) is 0 Å². The Kier molecular flexibility index (Phi) is 12.3. The van der Waals surface area contributed by atoms with Gasteiger partial charge in [0.15, 0.2) is 5.96 Å². The van der Waals surface area contributed by atoms with Crippen molar-refractivity contribution in [3.63, 3.8) is 0 Å². The smallest absolute Gasteiger partial charge is 0.253 e. The van der Waals surface area contributed by atoms with Gasteiger partial charge < -0.3 is 15.5 Å². The lowest BCUT2D eigenvalue weighted by Gasteiger charge is -2.13. The van der Waals surface area contributed by atoms with Crippen molar-refractivity contribution in [1.82, 2.24) is 15.5 Å². The number of aliphatic imine (C=N–C) groups is 1. The van der Waals surface area contributed by atoms with Crippen LogP contribution in [0.25, 0.3) is 0 Å². The topological polar surface area (TPSA) is 56.7 Å². The highest BCUT2D eigenvalue weighted by Crippen LogP contribution is 2.07. The van der Waals surface area contributed by atoms with E-state index in [0.29, 0.717) is 0 Å². The highest BCUT2D eigenvalue weighted by Gasteiger charge is 2.08. The number of guanidine groups is 1.